The summed E-state index contributed by atoms with van der Waals surface area (Å²) in [7, 11) is 2.12. The summed E-state index contributed by atoms with van der Waals surface area (Å²) < 4.78 is 14.3. The van der Waals surface area contributed by atoms with E-state index in [4.69, 9.17) is 26.1 Å². The van der Waals surface area contributed by atoms with Gasteiger partial charge in [-0.3, -0.25) is 19.0 Å². The summed E-state index contributed by atoms with van der Waals surface area (Å²) >= 11 is 6.95. The summed E-state index contributed by atoms with van der Waals surface area (Å²) in [4.78, 5) is 45.8. The Labute approximate surface area is 305 Å². The number of hydrogen-bond acceptors (Lipinski definition) is 7. The molecule has 0 unspecified atom stereocenters. The molecule has 12 heteroatoms. The molecule has 10 nitrogen and oxygen atoms in total. The zero-order chi connectivity index (χ0) is 38.2. The predicted octanol–water partition coefficient (Wildman–Crippen LogP) is 7.87. The largest absolute Gasteiger partial charge is 0.490 e. The second-order valence-electron chi connectivity index (χ2n) is 18.0. The van der Waals surface area contributed by atoms with Gasteiger partial charge < -0.3 is 24.7 Å². The highest BCUT2D eigenvalue weighted by atomic mass is 35.5. The van der Waals surface area contributed by atoms with Gasteiger partial charge in [-0.2, -0.15) is 4.98 Å². The molecule has 0 spiro atoms. The highest BCUT2D eigenvalue weighted by Crippen LogP contribution is 2.40. The molecule has 1 amide bonds. The second kappa shape index (κ2) is 14.8. The van der Waals surface area contributed by atoms with Crippen molar-refractivity contribution in [2.45, 2.75) is 99.7 Å². The molecule has 3 rings (SSSR count). The average molecular weight is 734 g/mol. The number of nitrogens with zero attached hydrogens (tertiary/aromatic N) is 3. The number of fused-ring (bicyclic) bond motifs is 1. The lowest BCUT2D eigenvalue weighted by molar-refractivity contribution is -0.141. The van der Waals surface area contributed by atoms with Crippen LogP contribution < -0.4 is 20.9 Å². The fraction of sp³-hybridized carbons (Fsp3) is 0.632. The van der Waals surface area contributed by atoms with E-state index in [2.05, 4.69) is 84.8 Å². The van der Waals surface area contributed by atoms with E-state index in [0.717, 1.165) is 18.6 Å². The van der Waals surface area contributed by atoms with Gasteiger partial charge in [0.2, 0.25) is 5.95 Å². The first kappa shape index (κ1) is 41.2. The highest BCUT2D eigenvalue weighted by molar-refractivity contribution is 8.32. The molecule has 1 aromatic carbocycles. The van der Waals surface area contributed by atoms with E-state index >= 15 is 0 Å². The van der Waals surface area contributed by atoms with Gasteiger partial charge in [-0.25, -0.2) is 10.0 Å². The summed E-state index contributed by atoms with van der Waals surface area (Å²) in [5, 5.41) is 7.19. The molecule has 50 heavy (non-hydrogen) atoms. The van der Waals surface area contributed by atoms with E-state index in [-0.39, 0.29) is 44.8 Å². The van der Waals surface area contributed by atoms with Crippen LogP contribution in [-0.2, 0) is 23.1 Å². The van der Waals surface area contributed by atoms with Gasteiger partial charge in [0, 0.05) is 35.6 Å². The lowest BCUT2D eigenvalue weighted by Crippen LogP contribution is -2.46. The van der Waals surface area contributed by atoms with E-state index in [0.29, 0.717) is 35.1 Å². The number of carbonyl (C=O) groups excluding carboxylic acids is 2. The van der Waals surface area contributed by atoms with Crippen LogP contribution in [0.1, 0.15) is 92.4 Å². The number of rotatable bonds is 13. The maximum Gasteiger partial charge on any atom is 0.325 e. The summed E-state index contributed by atoms with van der Waals surface area (Å²) in [6.45, 7) is 21.2. The number of nitrogens with one attached hydrogen (secondary N) is 2. The van der Waals surface area contributed by atoms with E-state index in [1.54, 1.807) is 29.9 Å². The highest BCUT2D eigenvalue weighted by Gasteiger charge is 2.31. The minimum Gasteiger partial charge on any atom is -0.490 e. The number of carbonyl (C=O) groups is 2. The van der Waals surface area contributed by atoms with Crippen LogP contribution >= 0.6 is 21.6 Å². The first-order chi connectivity index (χ1) is 22.6. The summed E-state index contributed by atoms with van der Waals surface area (Å²) in [5.41, 5.74) is 0.310. The number of amides is 1. The molecule has 280 valence electrons. The van der Waals surface area contributed by atoms with Crippen LogP contribution in [0.2, 0.25) is 5.02 Å². The van der Waals surface area contributed by atoms with Gasteiger partial charge in [0.25, 0.3) is 11.5 Å². The van der Waals surface area contributed by atoms with E-state index in [1.165, 1.54) is 11.7 Å². The molecule has 2 N–H and O–H groups in total. The normalized spacial score (nSPS) is 13.4. The lowest BCUT2D eigenvalue weighted by atomic mass is 9.81. The smallest absolute Gasteiger partial charge is 0.325 e. The van der Waals surface area contributed by atoms with Gasteiger partial charge in [-0.05, 0) is 87.8 Å². The van der Waals surface area contributed by atoms with Gasteiger partial charge in [-0.15, -0.1) is 0 Å². The van der Waals surface area contributed by atoms with Crippen LogP contribution in [0.4, 0.5) is 5.95 Å². The molecule has 0 radical (unpaired) electrons. The standard InChI is InChI=1S/C38H60ClN5O5S/c1-35(2,3)22-37(7,8)41-32(46)25-18-24(19-27(39)30(25)49-16-17-50(13,14)15)26-20-44(21-28(45)48-12)31-29(26)33(47)43(11)34(40-31)42-38(9,10)23-36(4,5)6/h18-20H,16-17,21-23H2,1-15H3,(H,40,42)(H,41,46). The number of hydrogen-bond donors (Lipinski definition) is 2. The summed E-state index contributed by atoms with van der Waals surface area (Å²) in [6, 6.07) is 3.41. The average Bonchev–Trinajstić information content (AvgIpc) is 3.25. The second-order valence-corrected chi connectivity index (χ2v) is 23.0. The van der Waals surface area contributed by atoms with Crippen molar-refractivity contribution < 1.29 is 19.1 Å². The number of esters is 1. The lowest BCUT2D eigenvalue weighted by Gasteiger charge is -2.34. The molecule has 0 saturated heterocycles. The maximum absolute atomic E-state index is 14.2. The van der Waals surface area contributed by atoms with Crippen LogP contribution in [0.25, 0.3) is 22.2 Å². The third kappa shape index (κ3) is 11.2. The molecule has 0 bridgehead atoms. The van der Waals surface area contributed by atoms with Gasteiger partial charge in [0.05, 0.1) is 29.7 Å². The molecular weight excluding hydrogens is 674 g/mol. The molecule has 3 aromatic rings. The van der Waals surface area contributed by atoms with Crippen molar-refractivity contribution in [3.8, 4) is 16.9 Å². The van der Waals surface area contributed by atoms with Crippen LogP contribution in [-0.4, -0.2) is 75.3 Å². The number of methoxy groups -OCH3 is 1. The Morgan fingerprint density at radius 1 is 0.940 bits per heavy atom. The Hall–Kier alpha value is -3.18. The topological polar surface area (TPSA) is 116 Å². The molecule has 0 aliphatic heterocycles. The van der Waals surface area contributed by atoms with Crippen molar-refractivity contribution in [2.75, 3.05) is 43.6 Å². The molecule has 0 fully saturated rings. The third-order valence-electron chi connectivity index (χ3n) is 8.01. The minimum absolute atomic E-state index is 0.0206. The predicted molar refractivity (Wildman–Crippen MR) is 211 cm³/mol. The summed E-state index contributed by atoms with van der Waals surface area (Å²) in [6.07, 6.45) is 9.84. The Bertz CT molecular complexity index is 1790. The molecule has 2 aromatic heterocycles. The quantitative estimate of drug-likeness (QED) is 0.172. The van der Waals surface area contributed by atoms with Gasteiger partial charge in [-0.1, -0.05) is 53.1 Å². The van der Waals surface area contributed by atoms with Gasteiger partial charge in [0.1, 0.15) is 6.54 Å². The Balaban J connectivity index is 2.28. The van der Waals surface area contributed by atoms with Crippen molar-refractivity contribution >= 4 is 50.5 Å². The minimum atomic E-state index is -0.866. The maximum atomic E-state index is 14.2. The molecule has 0 saturated carbocycles. The first-order valence-corrected chi connectivity index (χ1v) is 20.4. The van der Waals surface area contributed by atoms with Gasteiger partial charge in [0.15, 0.2) is 11.4 Å². The van der Waals surface area contributed by atoms with E-state index in [9.17, 15) is 14.4 Å². The SMILES string of the molecule is COC(=O)Cn1cc(-c2cc(Cl)c(OCCS(C)(C)C)c(C(=O)NC(C)(C)CC(C)(C)C)c2)c2c(=O)n(C)c(NC(C)(C)CC(C)(C)C)nc21. The van der Waals surface area contributed by atoms with Crippen molar-refractivity contribution in [1.29, 1.82) is 0 Å². The van der Waals surface area contributed by atoms with Crippen LogP contribution in [0.15, 0.2) is 23.1 Å². The molecule has 0 aliphatic rings. The molecule has 2 heterocycles. The van der Waals surface area contributed by atoms with Gasteiger partial charge >= 0.3 is 5.97 Å². The molecule has 0 atom stereocenters. The van der Waals surface area contributed by atoms with Crippen molar-refractivity contribution in [1.82, 2.24) is 19.4 Å². The Kier molecular flexibility index (Phi) is 12.2. The van der Waals surface area contributed by atoms with Crippen LogP contribution in [0.3, 0.4) is 0 Å². The van der Waals surface area contributed by atoms with Crippen LogP contribution in [0.5, 0.6) is 5.75 Å². The van der Waals surface area contributed by atoms with Crippen molar-refractivity contribution in [3.63, 3.8) is 0 Å². The first-order valence-electron chi connectivity index (χ1n) is 17.0. The number of anilines is 1. The monoisotopic (exact) mass is 733 g/mol. The number of benzene rings is 1. The fourth-order valence-electron chi connectivity index (χ4n) is 6.85. The van der Waals surface area contributed by atoms with Crippen molar-refractivity contribution in [3.05, 3.63) is 39.3 Å². The zero-order valence-electron chi connectivity index (χ0n) is 32.9. The molecular formula is C38H60ClN5O5S. The number of halogens is 1. The zero-order valence-corrected chi connectivity index (χ0v) is 34.5. The van der Waals surface area contributed by atoms with E-state index in [1.807, 2.05) is 13.8 Å². The number of aromatic nitrogens is 3. The van der Waals surface area contributed by atoms with Crippen LogP contribution in [0, 0.1) is 10.8 Å². The Morgan fingerprint density at radius 2 is 1.52 bits per heavy atom. The third-order valence-corrected chi connectivity index (χ3v) is 9.69. The fourth-order valence-corrected chi connectivity index (χ4v) is 7.70. The molecule has 0 aliphatic carbocycles. The van der Waals surface area contributed by atoms with E-state index < -0.39 is 27.1 Å². The number of ether oxygens (including phenoxy) is 2. The summed E-state index contributed by atoms with van der Waals surface area (Å²) in [5.74, 6) is 0.657. The van der Waals surface area contributed by atoms with Crippen molar-refractivity contribution in [2.24, 2.45) is 17.9 Å². The Morgan fingerprint density at radius 3 is 2.06 bits per heavy atom.